The molecule has 6 aromatic carbocycles. The zero-order chi connectivity index (χ0) is 26.2. The third-order valence-corrected chi connectivity index (χ3v) is 7.84. The van der Waals surface area contributed by atoms with Gasteiger partial charge in [-0.1, -0.05) is 72.8 Å². The van der Waals surface area contributed by atoms with E-state index >= 15 is 0 Å². The maximum atomic E-state index is 6.69. The van der Waals surface area contributed by atoms with Crippen molar-refractivity contribution < 1.29 is 13.3 Å². The van der Waals surface area contributed by atoms with Gasteiger partial charge in [0.05, 0.1) is 11.1 Å². The van der Waals surface area contributed by atoms with E-state index in [1.165, 1.54) is 0 Å². The molecule has 0 aliphatic heterocycles. The van der Waals surface area contributed by atoms with Crippen LogP contribution in [0.25, 0.3) is 65.8 Å². The van der Waals surface area contributed by atoms with Crippen molar-refractivity contribution in [1.29, 1.82) is 0 Å². The normalized spacial score (nSPS) is 12.0. The molecule has 188 valence electrons. The lowest BCUT2D eigenvalue weighted by molar-refractivity contribution is 0.660. The predicted octanol–water partition coefficient (Wildman–Crippen LogP) is 10.9. The van der Waals surface area contributed by atoms with E-state index in [-0.39, 0.29) is 0 Å². The number of para-hydroxylation sites is 4. The molecule has 0 fully saturated rings. The number of hydrogen-bond acceptors (Lipinski definition) is 4. The van der Waals surface area contributed by atoms with E-state index in [1.807, 2.05) is 42.5 Å². The van der Waals surface area contributed by atoms with Gasteiger partial charge in [0.2, 0.25) is 0 Å². The van der Waals surface area contributed by atoms with Crippen LogP contribution in [0.4, 0.5) is 17.1 Å². The number of nitrogens with zero attached hydrogens (tertiary/aromatic N) is 1. The first kappa shape index (κ1) is 21.5. The monoisotopic (exact) mass is 515 g/mol. The number of hydrogen-bond donors (Lipinski definition) is 0. The van der Waals surface area contributed by atoms with Crippen molar-refractivity contribution in [2.75, 3.05) is 4.90 Å². The minimum Gasteiger partial charge on any atom is -0.456 e. The van der Waals surface area contributed by atoms with Crippen molar-refractivity contribution in [2.24, 2.45) is 0 Å². The number of rotatable bonds is 3. The van der Waals surface area contributed by atoms with Crippen molar-refractivity contribution in [3.05, 3.63) is 127 Å². The summed E-state index contributed by atoms with van der Waals surface area (Å²) in [5.41, 5.74) is 7.89. The Kier molecular flexibility index (Phi) is 4.30. The summed E-state index contributed by atoms with van der Waals surface area (Å²) in [5.74, 6) is 0. The van der Waals surface area contributed by atoms with Crippen LogP contribution in [0.15, 0.2) is 141 Å². The van der Waals surface area contributed by atoms with Gasteiger partial charge in [0.25, 0.3) is 0 Å². The molecule has 0 atom stereocenters. The highest BCUT2D eigenvalue weighted by atomic mass is 16.3. The van der Waals surface area contributed by atoms with Crippen LogP contribution in [0.2, 0.25) is 0 Å². The van der Waals surface area contributed by atoms with Crippen LogP contribution in [0, 0.1) is 0 Å². The second-order valence-electron chi connectivity index (χ2n) is 10.1. The summed E-state index contributed by atoms with van der Waals surface area (Å²) < 4.78 is 19.8. The molecule has 0 saturated heterocycles. The SMILES string of the molecule is c1ccc(N(c2ccccc2)c2cc3oc4ccc5c6ccccc6oc5c4c3c3c2oc2ccccc23)cc1. The molecule has 4 nitrogen and oxygen atoms in total. The van der Waals surface area contributed by atoms with Crippen molar-refractivity contribution in [1.82, 2.24) is 0 Å². The van der Waals surface area contributed by atoms with Crippen LogP contribution in [-0.4, -0.2) is 0 Å². The summed E-state index contributed by atoms with van der Waals surface area (Å²) in [6.07, 6.45) is 0. The molecule has 3 aromatic heterocycles. The Bertz CT molecular complexity index is 2340. The highest BCUT2D eigenvalue weighted by molar-refractivity contribution is 6.33. The minimum absolute atomic E-state index is 0.786. The number of furan rings is 3. The number of benzene rings is 6. The van der Waals surface area contributed by atoms with E-state index in [9.17, 15) is 0 Å². The summed E-state index contributed by atoms with van der Waals surface area (Å²) >= 11 is 0. The van der Waals surface area contributed by atoms with Gasteiger partial charge in [-0.05, 0) is 48.5 Å². The lowest BCUT2D eigenvalue weighted by Gasteiger charge is -2.25. The predicted molar refractivity (Wildman–Crippen MR) is 163 cm³/mol. The molecule has 0 saturated carbocycles. The average molecular weight is 516 g/mol. The summed E-state index contributed by atoms with van der Waals surface area (Å²) in [6, 6.07) is 43.4. The second-order valence-corrected chi connectivity index (χ2v) is 10.1. The molecule has 0 spiro atoms. The highest BCUT2D eigenvalue weighted by Crippen LogP contribution is 2.49. The van der Waals surface area contributed by atoms with Crippen LogP contribution in [0.1, 0.15) is 0 Å². The first-order valence-corrected chi connectivity index (χ1v) is 13.4. The molecular formula is C36H21NO3. The van der Waals surface area contributed by atoms with E-state index in [0.29, 0.717) is 0 Å². The van der Waals surface area contributed by atoms with Crippen molar-refractivity contribution >= 4 is 82.9 Å². The standard InChI is InChI=1S/C36H21NO3/c1-3-11-22(12-4-1)37(23-13-5-2-6-14-23)27-21-31-33(32-26-16-8-10-18-29(26)40-36(27)32)34-30(38-31)20-19-25-24-15-7-9-17-28(24)39-35(25)34/h1-21H. The van der Waals surface area contributed by atoms with Gasteiger partial charge >= 0.3 is 0 Å². The van der Waals surface area contributed by atoms with E-state index in [0.717, 1.165) is 82.9 Å². The van der Waals surface area contributed by atoms with Gasteiger partial charge in [0.15, 0.2) is 5.58 Å². The molecule has 0 radical (unpaired) electrons. The maximum absolute atomic E-state index is 6.69. The smallest absolute Gasteiger partial charge is 0.160 e. The molecular weight excluding hydrogens is 494 g/mol. The molecule has 0 bridgehead atoms. The number of anilines is 3. The van der Waals surface area contributed by atoms with Gasteiger partial charge < -0.3 is 18.2 Å². The Balaban J connectivity index is 1.49. The Morgan fingerprint density at radius 1 is 0.375 bits per heavy atom. The zero-order valence-electron chi connectivity index (χ0n) is 21.3. The molecule has 0 aliphatic carbocycles. The van der Waals surface area contributed by atoms with E-state index in [1.54, 1.807) is 0 Å². The summed E-state index contributed by atoms with van der Waals surface area (Å²) in [5, 5.41) is 6.21. The average Bonchev–Trinajstić information content (AvgIpc) is 3.69. The number of fused-ring (bicyclic) bond motifs is 11. The van der Waals surface area contributed by atoms with Crippen LogP contribution in [-0.2, 0) is 0 Å². The molecule has 9 rings (SSSR count). The van der Waals surface area contributed by atoms with Crippen LogP contribution in [0.3, 0.4) is 0 Å². The summed E-state index contributed by atoms with van der Waals surface area (Å²) in [7, 11) is 0. The van der Waals surface area contributed by atoms with E-state index in [2.05, 4.69) is 89.8 Å². The third-order valence-electron chi connectivity index (χ3n) is 7.84. The fourth-order valence-corrected chi connectivity index (χ4v) is 6.15. The molecule has 0 N–H and O–H groups in total. The van der Waals surface area contributed by atoms with Crippen molar-refractivity contribution in [3.8, 4) is 0 Å². The molecule has 3 heterocycles. The van der Waals surface area contributed by atoms with Crippen LogP contribution < -0.4 is 4.90 Å². The van der Waals surface area contributed by atoms with E-state index in [4.69, 9.17) is 13.3 Å². The van der Waals surface area contributed by atoms with Crippen LogP contribution >= 0.6 is 0 Å². The Hall–Kier alpha value is -5.48. The fraction of sp³-hybridized carbons (Fsp3) is 0. The molecule has 0 unspecified atom stereocenters. The largest absolute Gasteiger partial charge is 0.456 e. The Morgan fingerprint density at radius 2 is 0.975 bits per heavy atom. The lowest BCUT2D eigenvalue weighted by Crippen LogP contribution is -2.10. The lowest BCUT2D eigenvalue weighted by atomic mass is 10.0. The highest BCUT2D eigenvalue weighted by Gasteiger charge is 2.26. The quantitative estimate of drug-likeness (QED) is 0.235. The van der Waals surface area contributed by atoms with Gasteiger partial charge in [-0.3, -0.25) is 0 Å². The first-order chi connectivity index (χ1) is 19.8. The Morgan fingerprint density at radius 3 is 1.70 bits per heavy atom. The van der Waals surface area contributed by atoms with Gasteiger partial charge in [0, 0.05) is 44.4 Å². The van der Waals surface area contributed by atoms with Gasteiger partial charge in [-0.15, -0.1) is 0 Å². The molecule has 9 aromatic rings. The molecule has 0 amide bonds. The third kappa shape index (κ3) is 2.90. The van der Waals surface area contributed by atoms with Crippen molar-refractivity contribution in [2.45, 2.75) is 0 Å². The van der Waals surface area contributed by atoms with Crippen LogP contribution in [0.5, 0.6) is 0 Å². The summed E-state index contributed by atoms with van der Waals surface area (Å²) in [6.45, 7) is 0. The topological polar surface area (TPSA) is 42.7 Å². The molecule has 40 heavy (non-hydrogen) atoms. The van der Waals surface area contributed by atoms with Gasteiger partial charge in [-0.2, -0.15) is 0 Å². The summed E-state index contributed by atoms with van der Waals surface area (Å²) in [4.78, 5) is 2.23. The maximum Gasteiger partial charge on any atom is 0.160 e. The Labute approximate surface area is 228 Å². The molecule has 0 aliphatic rings. The first-order valence-electron chi connectivity index (χ1n) is 13.4. The fourth-order valence-electron chi connectivity index (χ4n) is 6.15. The molecule has 4 heteroatoms. The van der Waals surface area contributed by atoms with Gasteiger partial charge in [0.1, 0.15) is 27.9 Å². The minimum atomic E-state index is 0.786. The van der Waals surface area contributed by atoms with E-state index < -0.39 is 0 Å². The second kappa shape index (κ2) is 8.01. The van der Waals surface area contributed by atoms with Crippen molar-refractivity contribution in [3.63, 3.8) is 0 Å². The van der Waals surface area contributed by atoms with Gasteiger partial charge in [-0.25, -0.2) is 0 Å². The zero-order valence-corrected chi connectivity index (χ0v) is 21.3.